The van der Waals surface area contributed by atoms with Gasteiger partial charge in [0.2, 0.25) is 0 Å². The fourth-order valence-electron chi connectivity index (χ4n) is 3.67. The normalized spacial score (nSPS) is 24.0. The summed E-state index contributed by atoms with van der Waals surface area (Å²) >= 11 is 1.86. The van der Waals surface area contributed by atoms with Crippen LogP contribution in [0.25, 0.3) is 0 Å². The van der Waals surface area contributed by atoms with E-state index in [1.165, 1.54) is 43.6 Å². The summed E-state index contributed by atoms with van der Waals surface area (Å²) in [4.78, 5) is 11.0. The van der Waals surface area contributed by atoms with Gasteiger partial charge in [0.05, 0.1) is 0 Å². The molecule has 0 saturated carbocycles. The summed E-state index contributed by atoms with van der Waals surface area (Å²) in [5.74, 6) is 2.23. The van der Waals surface area contributed by atoms with Gasteiger partial charge in [-0.05, 0) is 62.1 Å². The number of piperidine rings is 2. The highest BCUT2D eigenvalue weighted by Crippen LogP contribution is 2.21. The highest BCUT2D eigenvalue weighted by atomic mass is 127. The summed E-state index contributed by atoms with van der Waals surface area (Å²) in [7, 11) is 0. The molecule has 0 radical (unpaired) electrons. The molecule has 2 aliphatic rings. The molecule has 1 atom stereocenters. The third kappa shape index (κ3) is 5.88. The number of hydrogen-bond acceptors (Lipinski definition) is 3. The quantitative estimate of drug-likeness (QED) is 0.422. The van der Waals surface area contributed by atoms with Crippen LogP contribution in [0.2, 0.25) is 0 Å². The molecule has 3 rings (SSSR count). The molecule has 136 valence electrons. The van der Waals surface area contributed by atoms with Crippen molar-refractivity contribution in [2.45, 2.75) is 39.2 Å². The number of likely N-dealkylation sites (tertiary alicyclic amines) is 2. The van der Waals surface area contributed by atoms with Gasteiger partial charge in [-0.15, -0.1) is 35.3 Å². The van der Waals surface area contributed by atoms with E-state index in [0.717, 1.165) is 38.1 Å². The molecular formula is C18H31IN4S. The van der Waals surface area contributed by atoms with Gasteiger partial charge in [0, 0.05) is 31.1 Å². The van der Waals surface area contributed by atoms with Crippen LogP contribution in [0.4, 0.5) is 0 Å². The summed E-state index contributed by atoms with van der Waals surface area (Å²) in [6, 6.07) is 4.38. The Bertz CT molecular complexity index is 497. The molecule has 1 aromatic heterocycles. The average Bonchev–Trinajstić information content (AvgIpc) is 3.07. The second kappa shape index (κ2) is 9.97. The van der Waals surface area contributed by atoms with E-state index in [0.29, 0.717) is 5.92 Å². The Balaban J connectivity index is 0.00000208. The van der Waals surface area contributed by atoms with Crippen LogP contribution >= 0.6 is 35.3 Å². The fraction of sp³-hybridized carbons (Fsp3) is 0.722. The van der Waals surface area contributed by atoms with Gasteiger partial charge < -0.3 is 10.6 Å². The van der Waals surface area contributed by atoms with Crippen LogP contribution in [-0.4, -0.2) is 48.5 Å². The van der Waals surface area contributed by atoms with E-state index in [1.807, 2.05) is 11.3 Å². The van der Waals surface area contributed by atoms with Crippen LogP contribution in [0, 0.1) is 11.8 Å². The van der Waals surface area contributed by atoms with Crippen molar-refractivity contribution in [3.05, 3.63) is 22.4 Å². The molecule has 0 bridgehead atoms. The molecule has 0 aromatic carbocycles. The van der Waals surface area contributed by atoms with Crippen molar-refractivity contribution < 1.29 is 0 Å². The van der Waals surface area contributed by atoms with Crippen molar-refractivity contribution in [1.29, 1.82) is 0 Å². The highest BCUT2D eigenvalue weighted by Gasteiger charge is 2.21. The Morgan fingerprint density at radius 3 is 2.75 bits per heavy atom. The molecule has 24 heavy (non-hydrogen) atoms. The number of aliphatic imine (C=N–C) groups is 1. The van der Waals surface area contributed by atoms with Gasteiger partial charge in [-0.3, -0.25) is 9.89 Å². The Morgan fingerprint density at radius 2 is 2.08 bits per heavy atom. The highest BCUT2D eigenvalue weighted by molar-refractivity contribution is 14.0. The number of nitrogens with zero attached hydrogens (tertiary/aromatic N) is 3. The molecule has 2 saturated heterocycles. The fourth-order valence-corrected chi connectivity index (χ4v) is 4.42. The van der Waals surface area contributed by atoms with E-state index in [9.17, 15) is 0 Å². The molecule has 1 unspecified atom stereocenters. The molecule has 2 fully saturated rings. The van der Waals surface area contributed by atoms with Gasteiger partial charge in [0.15, 0.2) is 5.96 Å². The minimum absolute atomic E-state index is 0. The summed E-state index contributed by atoms with van der Waals surface area (Å²) < 4.78 is 0. The van der Waals surface area contributed by atoms with E-state index < -0.39 is 0 Å². The molecule has 0 spiro atoms. The molecule has 0 aliphatic carbocycles. The maximum atomic E-state index is 6.21. The minimum Gasteiger partial charge on any atom is -0.370 e. The predicted molar refractivity (Wildman–Crippen MR) is 114 cm³/mol. The van der Waals surface area contributed by atoms with Gasteiger partial charge in [-0.25, -0.2) is 0 Å². The lowest BCUT2D eigenvalue weighted by Gasteiger charge is -2.33. The first-order valence-electron chi connectivity index (χ1n) is 9.00. The maximum Gasteiger partial charge on any atom is 0.191 e. The van der Waals surface area contributed by atoms with Crippen LogP contribution in [-0.2, 0) is 6.54 Å². The van der Waals surface area contributed by atoms with Gasteiger partial charge >= 0.3 is 0 Å². The maximum absolute atomic E-state index is 6.21. The summed E-state index contributed by atoms with van der Waals surface area (Å²) in [5.41, 5.74) is 6.21. The van der Waals surface area contributed by atoms with E-state index in [1.54, 1.807) is 0 Å². The molecular weight excluding hydrogens is 431 g/mol. The van der Waals surface area contributed by atoms with Gasteiger partial charge in [-0.2, -0.15) is 0 Å². The second-order valence-electron chi connectivity index (χ2n) is 7.19. The molecule has 3 heterocycles. The Kier molecular flexibility index (Phi) is 8.30. The molecule has 1 aromatic rings. The first-order valence-corrected chi connectivity index (χ1v) is 9.88. The lowest BCUT2D eigenvalue weighted by atomic mass is 9.97. The monoisotopic (exact) mass is 462 g/mol. The molecule has 0 amide bonds. The lowest BCUT2D eigenvalue weighted by molar-refractivity contribution is 0.181. The first kappa shape index (κ1) is 20.0. The topological polar surface area (TPSA) is 44.9 Å². The molecule has 4 nitrogen and oxygen atoms in total. The van der Waals surface area contributed by atoms with Gasteiger partial charge in [0.1, 0.15) is 0 Å². The third-order valence-electron chi connectivity index (χ3n) is 5.16. The predicted octanol–water partition coefficient (Wildman–Crippen LogP) is 3.62. The lowest BCUT2D eigenvalue weighted by Crippen LogP contribution is -2.44. The zero-order valence-electron chi connectivity index (χ0n) is 14.7. The van der Waals surface area contributed by atoms with Crippen LogP contribution in [0.3, 0.4) is 0 Å². The first-order chi connectivity index (χ1) is 11.2. The van der Waals surface area contributed by atoms with Crippen molar-refractivity contribution >= 4 is 41.3 Å². The largest absolute Gasteiger partial charge is 0.370 e. The van der Waals surface area contributed by atoms with Crippen LogP contribution in [0.15, 0.2) is 22.5 Å². The number of halogens is 1. The van der Waals surface area contributed by atoms with Crippen LogP contribution in [0.5, 0.6) is 0 Å². The van der Waals surface area contributed by atoms with Crippen LogP contribution < -0.4 is 5.73 Å². The molecule has 2 N–H and O–H groups in total. The average molecular weight is 462 g/mol. The van der Waals surface area contributed by atoms with E-state index in [2.05, 4.69) is 34.2 Å². The van der Waals surface area contributed by atoms with E-state index >= 15 is 0 Å². The smallest absolute Gasteiger partial charge is 0.191 e. The second-order valence-corrected chi connectivity index (χ2v) is 8.22. The number of guanidine groups is 1. The number of rotatable bonds is 4. The number of nitrogens with two attached hydrogens (primary N) is 1. The van der Waals surface area contributed by atoms with Crippen LogP contribution in [0.1, 0.15) is 37.5 Å². The van der Waals surface area contributed by atoms with Gasteiger partial charge in [0.25, 0.3) is 0 Å². The Hall–Kier alpha value is -0.340. The zero-order chi connectivity index (χ0) is 16.1. The Labute approximate surface area is 167 Å². The number of thiophene rings is 1. The van der Waals surface area contributed by atoms with Crippen molar-refractivity contribution in [3.63, 3.8) is 0 Å². The van der Waals surface area contributed by atoms with Crippen molar-refractivity contribution in [2.24, 2.45) is 22.6 Å². The minimum atomic E-state index is 0. The standard InChI is InChI=1S/C18H30N4S.HI/c1-15-4-2-8-22(13-15)18(19)20-12-16-6-9-21(10-7-16)14-17-5-3-11-23-17;/h3,5,11,15-16H,2,4,6-10,12-14H2,1H3,(H2,19,20);1H. The number of hydrogen-bond donors (Lipinski definition) is 1. The van der Waals surface area contributed by atoms with E-state index in [-0.39, 0.29) is 24.0 Å². The van der Waals surface area contributed by atoms with Crippen molar-refractivity contribution in [1.82, 2.24) is 9.80 Å². The third-order valence-corrected chi connectivity index (χ3v) is 6.02. The summed E-state index contributed by atoms with van der Waals surface area (Å²) in [6.45, 7) is 8.87. The molecule has 6 heteroatoms. The molecule has 2 aliphatic heterocycles. The summed E-state index contributed by atoms with van der Waals surface area (Å²) in [6.07, 6.45) is 5.07. The summed E-state index contributed by atoms with van der Waals surface area (Å²) in [5, 5.41) is 2.17. The Morgan fingerprint density at radius 1 is 1.29 bits per heavy atom. The van der Waals surface area contributed by atoms with Crippen molar-refractivity contribution in [3.8, 4) is 0 Å². The van der Waals surface area contributed by atoms with E-state index in [4.69, 9.17) is 10.7 Å². The van der Waals surface area contributed by atoms with Crippen molar-refractivity contribution in [2.75, 3.05) is 32.7 Å². The zero-order valence-corrected chi connectivity index (χ0v) is 17.8. The van der Waals surface area contributed by atoms with Gasteiger partial charge in [-0.1, -0.05) is 13.0 Å². The SMILES string of the molecule is CC1CCCN(C(N)=NCC2CCN(Cc3cccs3)CC2)C1.I.